The molecule has 0 fully saturated rings. The molecule has 1 atom stereocenters. The van der Waals surface area contributed by atoms with Crippen LogP contribution in [0.2, 0.25) is 0 Å². The molecule has 1 unspecified atom stereocenters. The Morgan fingerprint density at radius 2 is 1.58 bits per heavy atom. The molecule has 3 nitrogen and oxygen atoms in total. The van der Waals surface area contributed by atoms with Gasteiger partial charge in [-0.3, -0.25) is 4.79 Å². The molecule has 1 aliphatic heterocycles. The second-order valence-corrected chi connectivity index (χ2v) is 6.50. The summed E-state index contributed by atoms with van der Waals surface area (Å²) in [5.41, 5.74) is 5.52. The molecule has 3 aromatic carbocycles. The Hall–Kier alpha value is -2.91. The van der Waals surface area contributed by atoms with Crippen molar-refractivity contribution in [3.63, 3.8) is 0 Å². The first-order valence-corrected chi connectivity index (χ1v) is 8.94. The van der Waals surface area contributed by atoms with Crippen molar-refractivity contribution < 1.29 is 9.53 Å². The van der Waals surface area contributed by atoms with E-state index in [4.69, 9.17) is 4.74 Å². The number of carbonyl (C=O) groups excluding carboxylic acids is 1. The molecule has 0 saturated heterocycles. The van der Waals surface area contributed by atoms with Crippen LogP contribution >= 0.6 is 0 Å². The van der Waals surface area contributed by atoms with Crippen molar-refractivity contribution >= 4 is 11.6 Å². The maximum absolute atomic E-state index is 12.5. The first-order chi connectivity index (χ1) is 12.8. The zero-order valence-corrected chi connectivity index (χ0v) is 14.5. The smallest absolute Gasteiger partial charge is 0.227 e. The van der Waals surface area contributed by atoms with E-state index in [-0.39, 0.29) is 12.0 Å². The molecule has 4 rings (SSSR count). The molecule has 0 aromatic heterocycles. The van der Waals surface area contributed by atoms with E-state index in [2.05, 4.69) is 29.6 Å². The molecule has 0 radical (unpaired) electrons. The first-order valence-electron chi connectivity index (χ1n) is 8.94. The van der Waals surface area contributed by atoms with Gasteiger partial charge in [0.25, 0.3) is 0 Å². The lowest BCUT2D eigenvalue weighted by molar-refractivity contribution is -0.119. The summed E-state index contributed by atoms with van der Waals surface area (Å²) in [6, 6.07) is 26.3. The van der Waals surface area contributed by atoms with Crippen molar-refractivity contribution in [2.45, 2.75) is 18.9 Å². The lowest BCUT2D eigenvalue weighted by atomic mass is 9.95. The average molecular weight is 343 g/mol. The number of anilines is 1. The second kappa shape index (κ2) is 7.54. The molecule has 0 saturated carbocycles. The molecule has 3 heteroatoms. The minimum atomic E-state index is -0.163. The fourth-order valence-electron chi connectivity index (χ4n) is 3.40. The van der Waals surface area contributed by atoms with Crippen molar-refractivity contribution in [3.8, 4) is 11.1 Å². The quantitative estimate of drug-likeness (QED) is 0.724. The number of nitrogens with one attached hydrogen (secondary N) is 1. The monoisotopic (exact) mass is 343 g/mol. The number of fused-ring (bicyclic) bond motifs is 1. The Morgan fingerprint density at radius 1 is 0.885 bits per heavy atom. The SMILES string of the molecule is O=C(CC1OCCc2ccccc21)Nc1ccc(-c2ccccc2)cc1. The molecule has 0 spiro atoms. The lowest BCUT2D eigenvalue weighted by Gasteiger charge is -2.25. The van der Waals surface area contributed by atoms with E-state index >= 15 is 0 Å². The van der Waals surface area contributed by atoms with Gasteiger partial charge in [-0.2, -0.15) is 0 Å². The van der Waals surface area contributed by atoms with Gasteiger partial charge in [-0.25, -0.2) is 0 Å². The van der Waals surface area contributed by atoms with Crippen molar-refractivity contribution in [2.24, 2.45) is 0 Å². The van der Waals surface area contributed by atoms with Crippen molar-refractivity contribution in [1.29, 1.82) is 0 Å². The molecule has 0 aliphatic carbocycles. The Kier molecular flexibility index (Phi) is 4.80. The van der Waals surface area contributed by atoms with Crippen molar-refractivity contribution in [1.82, 2.24) is 0 Å². The number of rotatable bonds is 4. The van der Waals surface area contributed by atoms with E-state index in [0.29, 0.717) is 13.0 Å². The summed E-state index contributed by atoms with van der Waals surface area (Å²) >= 11 is 0. The molecule has 1 N–H and O–H groups in total. The number of benzene rings is 3. The minimum Gasteiger partial charge on any atom is -0.373 e. The van der Waals surface area contributed by atoms with E-state index in [9.17, 15) is 4.79 Å². The molecular formula is C23H21NO2. The lowest BCUT2D eigenvalue weighted by Crippen LogP contribution is -2.22. The number of hydrogen-bond acceptors (Lipinski definition) is 2. The summed E-state index contributed by atoms with van der Waals surface area (Å²) in [7, 11) is 0. The van der Waals surface area contributed by atoms with Gasteiger partial charge in [0.05, 0.1) is 19.1 Å². The maximum atomic E-state index is 12.5. The van der Waals surface area contributed by atoms with Gasteiger partial charge >= 0.3 is 0 Å². The van der Waals surface area contributed by atoms with Crippen LogP contribution in [0.25, 0.3) is 11.1 Å². The highest BCUT2D eigenvalue weighted by Crippen LogP contribution is 2.30. The Balaban J connectivity index is 1.41. The van der Waals surface area contributed by atoms with Crippen LogP contribution in [0.4, 0.5) is 5.69 Å². The molecule has 0 bridgehead atoms. The van der Waals surface area contributed by atoms with Gasteiger partial charge in [-0.1, -0.05) is 66.7 Å². The fraction of sp³-hybridized carbons (Fsp3) is 0.174. The third-order valence-electron chi connectivity index (χ3n) is 4.74. The van der Waals surface area contributed by atoms with Crippen LogP contribution in [0.15, 0.2) is 78.9 Å². The highest BCUT2D eigenvalue weighted by Gasteiger charge is 2.23. The number of hydrogen-bond donors (Lipinski definition) is 1. The van der Waals surface area contributed by atoms with E-state index < -0.39 is 0 Å². The molecule has 1 amide bonds. The summed E-state index contributed by atoms with van der Waals surface area (Å²) in [4.78, 5) is 12.5. The highest BCUT2D eigenvalue weighted by molar-refractivity contribution is 5.91. The number of amides is 1. The summed E-state index contributed by atoms with van der Waals surface area (Å²) in [5, 5.41) is 2.98. The Morgan fingerprint density at radius 3 is 2.38 bits per heavy atom. The van der Waals surface area contributed by atoms with Gasteiger partial charge in [0.1, 0.15) is 0 Å². The maximum Gasteiger partial charge on any atom is 0.227 e. The van der Waals surface area contributed by atoms with Crippen LogP contribution in [0.1, 0.15) is 23.7 Å². The van der Waals surface area contributed by atoms with E-state index in [0.717, 1.165) is 28.8 Å². The standard InChI is InChI=1S/C23H21NO2/c25-23(16-22-21-9-5-4-8-19(21)14-15-26-22)24-20-12-10-18(11-13-20)17-6-2-1-3-7-17/h1-13,22H,14-16H2,(H,24,25). The summed E-state index contributed by atoms with van der Waals surface area (Å²) < 4.78 is 5.83. The predicted molar refractivity (Wildman–Crippen MR) is 104 cm³/mol. The highest BCUT2D eigenvalue weighted by atomic mass is 16.5. The molecule has 1 aliphatic rings. The Labute approximate surface area is 153 Å². The summed E-state index contributed by atoms with van der Waals surface area (Å²) in [6.45, 7) is 0.667. The van der Waals surface area contributed by atoms with Crippen molar-refractivity contribution in [2.75, 3.05) is 11.9 Å². The zero-order valence-electron chi connectivity index (χ0n) is 14.5. The van der Waals surface area contributed by atoms with Gasteiger partial charge < -0.3 is 10.1 Å². The van der Waals surface area contributed by atoms with E-state index in [1.165, 1.54) is 5.56 Å². The third-order valence-corrected chi connectivity index (χ3v) is 4.74. The summed E-state index contributed by atoms with van der Waals surface area (Å²) in [6.07, 6.45) is 1.08. The number of ether oxygens (including phenoxy) is 1. The van der Waals surface area contributed by atoms with Gasteiger partial charge in [-0.15, -0.1) is 0 Å². The molecular weight excluding hydrogens is 322 g/mol. The van der Waals surface area contributed by atoms with Crippen LogP contribution in [0, 0.1) is 0 Å². The van der Waals surface area contributed by atoms with E-state index in [1.807, 2.05) is 54.6 Å². The predicted octanol–water partition coefficient (Wildman–Crippen LogP) is 5.00. The van der Waals surface area contributed by atoms with Crippen molar-refractivity contribution in [3.05, 3.63) is 90.0 Å². The van der Waals surface area contributed by atoms with Gasteiger partial charge in [-0.05, 0) is 40.8 Å². The van der Waals surface area contributed by atoms with Gasteiger partial charge in [0.2, 0.25) is 5.91 Å². The fourth-order valence-corrected chi connectivity index (χ4v) is 3.40. The van der Waals surface area contributed by atoms with Crippen LogP contribution < -0.4 is 5.32 Å². The van der Waals surface area contributed by atoms with Crippen LogP contribution in [-0.2, 0) is 16.0 Å². The summed E-state index contributed by atoms with van der Waals surface area (Å²) in [5.74, 6) is -0.0286. The van der Waals surface area contributed by atoms with Gasteiger partial charge in [0.15, 0.2) is 0 Å². The minimum absolute atomic E-state index is 0.0286. The van der Waals surface area contributed by atoms with E-state index in [1.54, 1.807) is 0 Å². The van der Waals surface area contributed by atoms with Gasteiger partial charge in [0, 0.05) is 5.69 Å². The molecule has 1 heterocycles. The average Bonchev–Trinajstić information content (AvgIpc) is 2.69. The van der Waals surface area contributed by atoms with Crippen LogP contribution in [0.3, 0.4) is 0 Å². The third kappa shape index (κ3) is 3.68. The topological polar surface area (TPSA) is 38.3 Å². The largest absolute Gasteiger partial charge is 0.373 e. The number of carbonyl (C=O) groups is 1. The normalized spacial score (nSPS) is 15.9. The Bertz CT molecular complexity index is 888. The van der Waals surface area contributed by atoms with Crippen LogP contribution in [0.5, 0.6) is 0 Å². The molecule has 3 aromatic rings. The zero-order chi connectivity index (χ0) is 17.8. The first kappa shape index (κ1) is 16.6. The second-order valence-electron chi connectivity index (χ2n) is 6.50. The van der Waals surface area contributed by atoms with Crippen LogP contribution in [-0.4, -0.2) is 12.5 Å². The molecule has 26 heavy (non-hydrogen) atoms. The molecule has 130 valence electrons.